The zero-order valence-electron chi connectivity index (χ0n) is 17.3. The van der Waals surface area contributed by atoms with Gasteiger partial charge in [-0.1, -0.05) is 0 Å². The van der Waals surface area contributed by atoms with Gasteiger partial charge in [-0.3, -0.25) is 9.69 Å². The minimum atomic E-state index is -4.39. The van der Waals surface area contributed by atoms with E-state index in [9.17, 15) is 23.1 Å². The Hall–Kier alpha value is -2.65. The third kappa shape index (κ3) is 6.67. The quantitative estimate of drug-likeness (QED) is 0.671. The molecule has 2 aromatic rings. The lowest BCUT2D eigenvalue weighted by Gasteiger charge is -2.24. The summed E-state index contributed by atoms with van der Waals surface area (Å²) in [5.74, 6) is 1.08. The van der Waals surface area contributed by atoms with Gasteiger partial charge in [0, 0.05) is 37.9 Å². The Morgan fingerprint density at radius 3 is 2.48 bits per heavy atom. The first-order chi connectivity index (χ1) is 14.7. The SMILES string of the molecule is CC(=O)c1ccc(OCC(O)CN2CCCN(c3ccc(C(F)(F)F)cn3)CC2)cc1. The Balaban J connectivity index is 1.46. The first-order valence-corrected chi connectivity index (χ1v) is 10.1. The summed E-state index contributed by atoms with van der Waals surface area (Å²) in [5, 5.41) is 10.3. The van der Waals surface area contributed by atoms with Crippen LogP contribution in [0.25, 0.3) is 0 Å². The highest BCUT2D eigenvalue weighted by Crippen LogP contribution is 2.29. The predicted molar refractivity (Wildman–Crippen MR) is 110 cm³/mol. The maximum atomic E-state index is 12.7. The van der Waals surface area contributed by atoms with E-state index in [1.54, 1.807) is 24.3 Å². The topological polar surface area (TPSA) is 65.9 Å². The zero-order chi connectivity index (χ0) is 22.4. The fourth-order valence-corrected chi connectivity index (χ4v) is 3.45. The van der Waals surface area contributed by atoms with E-state index in [2.05, 4.69) is 9.88 Å². The molecule has 1 aliphatic rings. The normalized spacial score (nSPS) is 16.6. The van der Waals surface area contributed by atoms with Crippen LogP contribution in [0.15, 0.2) is 42.6 Å². The molecule has 0 saturated carbocycles. The van der Waals surface area contributed by atoms with Gasteiger partial charge in [0.25, 0.3) is 0 Å². The van der Waals surface area contributed by atoms with Gasteiger partial charge in [-0.05, 0) is 56.3 Å². The number of aliphatic hydroxyl groups excluding tert-OH is 1. The lowest BCUT2D eigenvalue weighted by Crippen LogP contribution is -2.38. The molecule has 3 rings (SSSR count). The second-order valence-corrected chi connectivity index (χ2v) is 7.59. The van der Waals surface area contributed by atoms with E-state index in [0.29, 0.717) is 43.3 Å². The van der Waals surface area contributed by atoms with E-state index >= 15 is 0 Å². The van der Waals surface area contributed by atoms with Crippen molar-refractivity contribution in [2.24, 2.45) is 0 Å². The van der Waals surface area contributed by atoms with Crippen molar-refractivity contribution in [3.05, 3.63) is 53.7 Å². The molecule has 1 aliphatic heterocycles. The van der Waals surface area contributed by atoms with Crippen molar-refractivity contribution in [2.45, 2.75) is 25.6 Å². The van der Waals surface area contributed by atoms with E-state index in [1.807, 2.05) is 4.90 Å². The van der Waals surface area contributed by atoms with E-state index < -0.39 is 17.8 Å². The Morgan fingerprint density at radius 1 is 1.13 bits per heavy atom. The molecule has 1 N–H and O–H groups in total. The van der Waals surface area contributed by atoms with Gasteiger partial charge < -0.3 is 14.7 Å². The Morgan fingerprint density at radius 2 is 1.87 bits per heavy atom. The van der Waals surface area contributed by atoms with Gasteiger partial charge in [0.1, 0.15) is 24.3 Å². The summed E-state index contributed by atoms with van der Waals surface area (Å²) in [4.78, 5) is 19.3. The number of aliphatic hydroxyl groups is 1. The minimum Gasteiger partial charge on any atom is -0.491 e. The average Bonchev–Trinajstić information content (AvgIpc) is 2.97. The van der Waals surface area contributed by atoms with E-state index in [4.69, 9.17) is 4.74 Å². The number of nitrogens with zero attached hydrogens (tertiary/aromatic N) is 3. The predicted octanol–water partition coefficient (Wildman–Crippen LogP) is 3.26. The zero-order valence-corrected chi connectivity index (χ0v) is 17.3. The van der Waals surface area contributed by atoms with Crippen molar-refractivity contribution < 1.29 is 27.8 Å². The van der Waals surface area contributed by atoms with Gasteiger partial charge in [-0.25, -0.2) is 4.98 Å². The fourth-order valence-electron chi connectivity index (χ4n) is 3.45. The number of β-amino-alcohol motifs (C(OH)–C–C–N with tert-alkyl or cyclic N) is 1. The highest BCUT2D eigenvalue weighted by atomic mass is 19.4. The number of pyridine rings is 1. The monoisotopic (exact) mass is 437 g/mol. The Kier molecular flexibility index (Phi) is 7.50. The maximum Gasteiger partial charge on any atom is 0.417 e. The van der Waals surface area contributed by atoms with Crippen molar-refractivity contribution in [1.82, 2.24) is 9.88 Å². The van der Waals surface area contributed by atoms with E-state index in [-0.39, 0.29) is 12.4 Å². The molecule has 0 bridgehead atoms. The van der Waals surface area contributed by atoms with Crippen LogP contribution in [0.1, 0.15) is 29.3 Å². The number of halogens is 3. The molecule has 6 nitrogen and oxygen atoms in total. The van der Waals surface area contributed by atoms with Gasteiger partial charge in [-0.15, -0.1) is 0 Å². The molecule has 0 spiro atoms. The van der Waals surface area contributed by atoms with Crippen LogP contribution in [0.2, 0.25) is 0 Å². The number of hydrogen-bond acceptors (Lipinski definition) is 6. The van der Waals surface area contributed by atoms with E-state index in [0.717, 1.165) is 25.2 Å². The smallest absolute Gasteiger partial charge is 0.417 e. The molecule has 1 atom stereocenters. The number of carbonyl (C=O) groups is 1. The van der Waals surface area contributed by atoms with Gasteiger partial charge in [0.05, 0.1) is 5.56 Å². The maximum absolute atomic E-state index is 12.7. The Labute approximate surface area is 179 Å². The summed E-state index contributed by atoms with van der Waals surface area (Å²) in [6, 6.07) is 9.22. The summed E-state index contributed by atoms with van der Waals surface area (Å²) in [6.07, 6.45) is -3.41. The largest absolute Gasteiger partial charge is 0.491 e. The number of carbonyl (C=O) groups excluding carboxylic acids is 1. The first-order valence-electron chi connectivity index (χ1n) is 10.1. The van der Waals surface area contributed by atoms with E-state index in [1.165, 1.54) is 13.0 Å². The molecule has 1 fully saturated rings. The number of benzene rings is 1. The molecule has 1 aromatic carbocycles. The molecule has 31 heavy (non-hydrogen) atoms. The van der Waals surface area contributed by atoms with Gasteiger partial charge in [0.15, 0.2) is 5.78 Å². The number of aromatic nitrogens is 1. The van der Waals surface area contributed by atoms with Crippen LogP contribution in [-0.2, 0) is 6.18 Å². The summed E-state index contributed by atoms with van der Waals surface area (Å²) in [5.41, 5.74) is -0.156. The van der Waals surface area contributed by atoms with Gasteiger partial charge in [0.2, 0.25) is 0 Å². The molecule has 168 valence electrons. The molecule has 1 aromatic heterocycles. The van der Waals surface area contributed by atoms with Crippen LogP contribution in [0.4, 0.5) is 19.0 Å². The van der Waals surface area contributed by atoms with Crippen molar-refractivity contribution in [3.8, 4) is 5.75 Å². The molecule has 1 unspecified atom stereocenters. The molecule has 2 heterocycles. The summed E-state index contributed by atoms with van der Waals surface area (Å²) < 4.78 is 43.7. The number of rotatable bonds is 7. The number of alkyl halides is 3. The second-order valence-electron chi connectivity index (χ2n) is 7.59. The molecular weight excluding hydrogens is 411 g/mol. The number of anilines is 1. The molecule has 0 radical (unpaired) electrons. The summed E-state index contributed by atoms with van der Waals surface area (Å²) in [7, 11) is 0. The highest BCUT2D eigenvalue weighted by Gasteiger charge is 2.31. The van der Waals surface area contributed by atoms with Crippen LogP contribution in [0.5, 0.6) is 5.75 Å². The number of hydrogen-bond donors (Lipinski definition) is 1. The van der Waals surface area contributed by atoms with Crippen LogP contribution < -0.4 is 9.64 Å². The van der Waals surface area contributed by atoms with Crippen LogP contribution >= 0.6 is 0 Å². The first kappa shape index (κ1) is 23.0. The third-order valence-corrected chi connectivity index (χ3v) is 5.16. The lowest BCUT2D eigenvalue weighted by atomic mass is 10.1. The number of ketones is 1. The second kappa shape index (κ2) is 10.1. The summed E-state index contributed by atoms with van der Waals surface area (Å²) >= 11 is 0. The number of Topliss-reactive ketones (excluding diaryl/α,β-unsaturated/α-hetero) is 1. The molecule has 9 heteroatoms. The molecule has 0 aliphatic carbocycles. The number of ether oxygens (including phenoxy) is 1. The average molecular weight is 437 g/mol. The molecule has 0 amide bonds. The fraction of sp³-hybridized carbons (Fsp3) is 0.455. The molecule has 1 saturated heterocycles. The van der Waals surface area contributed by atoms with Crippen molar-refractivity contribution >= 4 is 11.6 Å². The van der Waals surface area contributed by atoms with Crippen molar-refractivity contribution in [1.29, 1.82) is 0 Å². The van der Waals surface area contributed by atoms with Crippen LogP contribution in [-0.4, -0.2) is 66.2 Å². The van der Waals surface area contributed by atoms with Crippen molar-refractivity contribution in [2.75, 3.05) is 44.2 Å². The van der Waals surface area contributed by atoms with Crippen LogP contribution in [0, 0.1) is 0 Å². The third-order valence-electron chi connectivity index (χ3n) is 5.16. The Bertz CT molecular complexity index is 857. The lowest BCUT2D eigenvalue weighted by molar-refractivity contribution is -0.137. The molecular formula is C22H26F3N3O3. The van der Waals surface area contributed by atoms with Gasteiger partial charge >= 0.3 is 6.18 Å². The standard InChI is InChI=1S/C22H26F3N3O3/c1-16(29)17-3-6-20(7-4-17)31-15-19(30)14-27-9-2-10-28(12-11-27)21-8-5-18(13-26-21)22(23,24)25/h3-8,13,19,30H,2,9-12,14-15H2,1H3. The highest BCUT2D eigenvalue weighted by molar-refractivity contribution is 5.94. The minimum absolute atomic E-state index is 0.0201. The van der Waals surface area contributed by atoms with Crippen LogP contribution in [0.3, 0.4) is 0 Å². The van der Waals surface area contributed by atoms with Crippen molar-refractivity contribution in [3.63, 3.8) is 0 Å². The van der Waals surface area contributed by atoms with Gasteiger partial charge in [-0.2, -0.15) is 13.2 Å². The summed E-state index contributed by atoms with van der Waals surface area (Å²) in [6.45, 7) is 4.77.